The molecule has 2 rings (SSSR count). The molecule has 0 N–H and O–H groups in total. The predicted octanol–water partition coefficient (Wildman–Crippen LogP) is 2.01. The molecule has 0 saturated carbocycles. The minimum atomic E-state index is -0.123. The van der Waals surface area contributed by atoms with Crippen LogP contribution in [-0.4, -0.2) is 22.8 Å². The molecule has 0 spiro atoms. The lowest BCUT2D eigenvalue weighted by Crippen LogP contribution is -2.29. The molecule has 1 aliphatic heterocycles. The third kappa shape index (κ3) is 2.24. The van der Waals surface area contributed by atoms with Crippen LogP contribution < -0.4 is 5.56 Å². The Kier molecular flexibility index (Phi) is 3.43. The fraction of sp³-hybridized carbons (Fsp3) is 0.556. The van der Waals surface area contributed by atoms with Gasteiger partial charge in [0, 0.05) is 19.3 Å². The van der Waals surface area contributed by atoms with Crippen molar-refractivity contribution in [3.8, 4) is 0 Å². The summed E-state index contributed by atoms with van der Waals surface area (Å²) < 4.78 is 7.20. The summed E-state index contributed by atoms with van der Waals surface area (Å²) in [6.45, 7) is 1.38. The zero-order valence-electron chi connectivity index (χ0n) is 7.95. The maximum atomic E-state index is 11.8. The quantitative estimate of drug-likeness (QED) is 0.744. The van der Waals surface area contributed by atoms with E-state index < -0.39 is 0 Å². The van der Waals surface area contributed by atoms with Crippen molar-refractivity contribution >= 4 is 27.5 Å². The molecule has 1 aliphatic rings. The number of ether oxygens (including phenoxy) is 1. The highest BCUT2D eigenvalue weighted by atomic mass is 79.9. The molecule has 15 heavy (non-hydrogen) atoms. The van der Waals surface area contributed by atoms with E-state index in [1.165, 1.54) is 6.33 Å². The molecule has 0 unspecified atom stereocenters. The zero-order chi connectivity index (χ0) is 10.8. The van der Waals surface area contributed by atoms with Crippen molar-refractivity contribution in [2.45, 2.75) is 18.9 Å². The van der Waals surface area contributed by atoms with Gasteiger partial charge in [0.2, 0.25) is 0 Å². The molecule has 6 heteroatoms. The standard InChI is InChI=1S/C9H10BrClN2O2/c10-7-8(11)12-5-13(9(7)14)6-1-3-15-4-2-6/h5-6H,1-4H2. The van der Waals surface area contributed by atoms with Crippen LogP contribution in [0, 0.1) is 0 Å². The molecule has 1 saturated heterocycles. The molecule has 0 aliphatic carbocycles. The fourth-order valence-electron chi connectivity index (χ4n) is 1.65. The number of halogens is 2. The lowest BCUT2D eigenvalue weighted by Gasteiger charge is -2.23. The van der Waals surface area contributed by atoms with E-state index >= 15 is 0 Å². The Hall–Kier alpha value is -0.390. The second-order valence-electron chi connectivity index (χ2n) is 3.41. The molecule has 1 fully saturated rings. The van der Waals surface area contributed by atoms with Gasteiger partial charge in [0.1, 0.15) is 4.47 Å². The predicted molar refractivity (Wildman–Crippen MR) is 60.3 cm³/mol. The highest BCUT2D eigenvalue weighted by Crippen LogP contribution is 2.21. The maximum Gasteiger partial charge on any atom is 0.269 e. The van der Waals surface area contributed by atoms with Gasteiger partial charge in [-0.15, -0.1) is 0 Å². The number of hydrogen-bond donors (Lipinski definition) is 0. The molecule has 0 radical (unpaired) electrons. The van der Waals surface area contributed by atoms with Crippen LogP contribution >= 0.6 is 27.5 Å². The summed E-state index contributed by atoms with van der Waals surface area (Å²) in [5.41, 5.74) is -0.123. The van der Waals surface area contributed by atoms with E-state index in [0.29, 0.717) is 17.7 Å². The molecular weight excluding hydrogens is 283 g/mol. The summed E-state index contributed by atoms with van der Waals surface area (Å²) in [5.74, 6) is 0. The molecule has 0 atom stereocenters. The molecule has 0 amide bonds. The molecule has 4 nitrogen and oxygen atoms in total. The fourth-order valence-corrected chi connectivity index (χ4v) is 2.08. The van der Waals surface area contributed by atoms with Crippen LogP contribution in [0.15, 0.2) is 15.6 Å². The summed E-state index contributed by atoms with van der Waals surface area (Å²) in [7, 11) is 0. The zero-order valence-corrected chi connectivity index (χ0v) is 10.3. The van der Waals surface area contributed by atoms with Crippen molar-refractivity contribution in [3.63, 3.8) is 0 Å². The van der Waals surface area contributed by atoms with Gasteiger partial charge in [0.15, 0.2) is 5.15 Å². The highest BCUT2D eigenvalue weighted by Gasteiger charge is 2.18. The Bertz CT molecular complexity index is 415. The van der Waals surface area contributed by atoms with Crippen molar-refractivity contribution in [1.82, 2.24) is 9.55 Å². The van der Waals surface area contributed by atoms with Crippen LogP contribution in [0.2, 0.25) is 5.15 Å². The molecule has 2 heterocycles. The number of nitrogens with zero attached hydrogens (tertiary/aromatic N) is 2. The van der Waals surface area contributed by atoms with E-state index in [4.69, 9.17) is 16.3 Å². The first-order valence-electron chi connectivity index (χ1n) is 4.70. The van der Waals surface area contributed by atoms with Crippen LogP contribution in [0.25, 0.3) is 0 Å². The van der Waals surface area contributed by atoms with Crippen molar-refractivity contribution in [1.29, 1.82) is 0 Å². The van der Waals surface area contributed by atoms with Crippen LogP contribution in [0.4, 0.5) is 0 Å². The Morgan fingerprint density at radius 1 is 1.53 bits per heavy atom. The summed E-state index contributed by atoms with van der Waals surface area (Å²) >= 11 is 8.87. The van der Waals surface area contributed by atoms with E-state index in [9.17, 15) is 4.79 Å². The lowest BCUT2D eigenvalue weighted by molar-refractivity contribution is 0.0683. The first-order chi connectivity index (χ1) is 7.20. The van der Waals surface area contributed by atoms with Gasteiger partial charge in [-0.2, -0.15) is 0 Å². The molecule has 0 aromatic carbocycles. The van der Waals surface area contributed by atoms with Crippen molar-refractivity contribution in [3.05, 3.63) is 26.3 Å². The average Bonchev–Trinajstić information content (AvgIpc) is 2.27. The number of hydrogen-bond acceptors (Lipinski definition) is 3. The Morgan fingerprint density at radius 3 is 2.87 bits per heavy atom. The van der Waals surface area contributed by atoms with Crippen LogP contribution in [0.3, 0.4) is 0 Å². The van der Waals surface area contributed by atoms with Gasteiger partial charge in [-0.25, -0.2) is 4.98 Å². The van der Waals surface area contributed by atoms with E-state index in [1.54, 1.807) is 4.57 Å². The monoisotopic (exact) mass is 292 g/mol. The molecule has 1 aromatic heterocycles. The van der Waals surface area contributed by atoms with Gasteiger partial charge in [-0.3, -0.25) is 9.36 Å². The van der Waals surface area contributed by atoms with Gasteiger partial charge in [0.25, 0.3) is 5.56 Å². The second-order valence-corrected chi connectivity index (χ2v) is 4.56. The molecule has 82 valence electrons. The smallest absolute Gasteiger partial charge is 0.269 e. The minimum Gasteiger partial charge on any atom is -0.381 e. The van der Waals surface area contributed by atoms with Gasteiger partial charge >= 0.3 is 0 Å². The second kappa shape index (κ2) is 4.63. The summed E-state index contributed by atoms with van der Waals surface area (Å²) in [4.78, 5) is 15.8. The van der Waals surface area contributed by atoms with Crippen LogP contribution in [0.5, 0.6) is 0 Å². The van der Waals surface area contributed by atoms with Gasteiger partial charge in [0.05, 0.1) is 6.33 Å². The third-order valence-electron chi connectivity index (χ3n) is 2.48. The van der Waals surface area contributed by atoms with Crippen molar-refractivity contribution in [2.75, 3.05) is 13.2 Å². The van der Waals surface area contributed by atoms with Gasteiger partial charge in [-0.1, -0.05) is 11.6 Å². The molecule has 0 bridgehead atoms. The Labute approximate surface area is 100 Å². The number of rotatable bonds is 1. The van der Waals surface area contributed by atoms with Crippen LogP contribution in [0.1, 0.15) is 18.9 Å². The number of aromatic nitrogens is 2. The first-order valence-corrected chi connectivity index (χ1v) is 5.87. The lowest BCUT2D eigenvalue weighted by atomic mass is 10.1. The normalized spacial score (nSPS) is 18.0. The first kappa shape index (κ1) is 11.1. The SMILES string of the molecule is O=c1c(Br)c(Cl)ncn1C1CCOCC1. The minimum absolute atomic E-state index is 0.123. The van der Waals surface area contributed by atoms with Crippen molar-refractivity contribution in [2.24, 2.45) is 0 Å². The van der Waals surface area contributed by atoms with Crippen LogP contribution in [-0.2, 0) is 4.74 Å². The van der Waals surface area contributed by atoms with Gasteiger partial charge in [-0.05, 0) is 28.8 Å². The Morgan fingerprint density at radius 2 is 2.20 bits per heavy atom. The summed E-state index contributed by atoms with van der Waals surface area (Å²) in [5, 5.41) is 0.211. The van der Waals surface area contributed by atoms with E-state index in [0.717, 1.165) is 12.8 Å². The van der Waals surface area contributed by atoms with Crippen molar-refractivity contribution < 1.29 is 4.74 Å². The van der Waals surface area contributed by atoms with Gasteiger partial charge < -0.3 is 4.74 Å². The summed E-state index contributed by atoms with van der Waals surface area (Å²) in [6, 6.07) is 0.173. The topological polar surface area (TPSA) is 44.1 Å². The largest absolute Gasteiger partial charge is 0.381 e. The average molecular weight is 294 g/mol. The molecular formula is C9H10BrClN2O2. The Balaban J connectivity index is 2.35. The van der Waals surface area contributed by atoms with E-state index in [1.807, 2.05) is 0 Å². The van der Waals surface area contributed by atoms with E-state index in [2.05, 4.69) is 20.9 Å². The van der Waals surface area contributed by atoms with E-state index in [-0.39, 0.29) is 16.8 Å². The summed E-state index contributed by atoms with van der Waals surface area (Å²) in [6.07, 6.45) is 3.19. The highest BCUT2D eigenvalue weighted by molar-refractivity contribution is 9.10. The maximum absolute atomic E-state index is 11.8. The third-order valence-corrected chi connectivity index (χ3v) is 3.71. The molecule has 1 aromatic rings.